The molecule has 1 fully saturated rings. The Morgan fingerprint density at radius 1 is 1.29 bits per heavy atom. The zero-order chi connectivity index (χ0) is 15.6. The van der Waals surface area contributed by atoms with Crippen LogP contribution in [0.3, 0.4) is 0 Å². The number of carboxylic acids is 1. The quantitative estimate of drug-likeness (QED) is 0.805. The van der Waals surface area contributed by atoms with E-state index in [1.807, 2.05) is 6.07 Å². The second-order valence-electron chi connectivity index (χ2n) is 5.23. The zero-order valence-corrected chi connectivity index (χ0v) is 12.4. The standard InChI is InChI=1S/C15H19NO5/c1-16(13(17)15(6-7-15)14(18)19)9-10-4-5-11(20-2)8-12(10)21-3/h4-5,8H,6-7,9H2,1-3H3,(H,18,19). The Bertz CT molecular complexity index is 565. The highest BCUT2D eigenvalue weighted by atomic mass is 16.5. The van der Waals surface area contributed by atoms with E-state index in [9.17, 15) is 9.59 Å². The van der Waals surface area contributed by atoms with E-state index in [1.165, 1.54) is 4.90 Å². The lowest BCUT2D eigenvalue weighted by atomic mass is 10.1. The van der Waals surface area contributed by atoms with Gasteiger partial charge in [0.25, 0.3) is 0 Å². The Balaban J connectivity index is 2.14. The van der Waals surface area contributed by atoms with Gasteiger partial charge in [0.2, 0.25) is 5.91 Å². The Morgan fingerprint density at radius 2 is 1.95 bits per heavy atom. The van der Waals surface area contributed by atoms with Gasteiger partial charge in [-0.3, -0.25) is 9.59 Å². The number of carbonyl (C=O) groups excluding carboxylic acids is 1. The molecule has 0 bridgehead atoms. The van der Waals surface area contributed by atoms with Crippen molar-refractivity contribution in [1.29, 1.82) is 0 Å². The van der Waals surface area contributed by atoms with E-state index in [2.05, 4.69) is 0 Å². The highest BCUT2D eigenvalue weighted by Crippen LogP contribution is 2.47. The summed E-state index contributed by atoms with van der Waals surface area (Å²) in [6.45, 7) is 0.293. The summed E-state index contributed by atoms with van der Waals surface area (Å²) in [5.41, 5.74) is -0.413. The summed E-state index contributed by atoms with van der Waals surface area (Å²) in [5, 5.41) is 9.17. The van der Waals surface area contributed by atoms with Crippen LogP contribution in [-0.2, 0) is 16.1 Å². The second kappa shape index (κ2) is 5.63. The molecule has 6 heteroatoms. The summed E-state index contributed by atoms with van der Waals surface area (Å²) in [7, 11) is 4.71. The molecule has 0 unspecified atom stereocenters. The van der Waals surface area contributed by atoms with Crippen molar-refractivity contribution >= 4 is 11.9 Å². The fraction of sp³-hybridized carbons (Fsp3) is 0.467. The van der Waals surface area contributed by atoms with Crippen molar-refractivity contribution in [1.82, 2.24) is 4.90 Å². The Hall–Kier alpha value is -2.24. The second-order valence-corrected chi connectivity index (χ2v) is 5.23. The largest absolute Gasteiger partial charge is 0.497 e. The first-order valence-corrected chi connectivity index (χ1v) is 6.64. The molecule has 0 saturated heterocycles. The van der Waals surface area contributed by atoms with Crippen molar-refractivity contribution in [2.24, 2.45) is 5.41 Å². The molecule has 21 heavy (non-hydrogen) atoms. The molecule has 1 aliphatic rings. The van der Waals surface area contributed by atoms with Crippen LogP contribution < -0.4 is 9.47 Å². The molecule has 0 spiro atoms. The molecule has 1 aromatic rings. The minimum absolute atomic E-state index is 0.293. The third-order valence-electron chi connectivity index (χ3n) is 3.82. The Morgan fingerprint density at radius 3 is 2.43 bits per heavy atom. The molecule has 0 atom stereocenters. The topological polar surface area (TPSA) is 76.1 Å². The normalized spacial score (nSPS) is 15.2. The number of hydrogen-bond acceptors (Lipinski definition) is 4. The lowest BCUT2D eigenvalue weighted by molar-refractivity contribution is -0.153. The summed E-state index contributed by atoms with van der Waals surface area (Å²) >= 11 is 0. The lowest BCUT2D eigenvalue weighted by Gasteiger charge is -2.22. The smallest absolute Gasteiger partial charge is 0.319 e. The van der Waals surface area contributed by atoms with E-state index < -0.39 is 11.4 Å². The number of ether oxygens (including phenoxy) is 2. The maximum atomic E-state index is 12.3. The monoisotopic (exact) mass is 293 g/mol. The maximum absolute atomic E-state index is 12.3. The van der Waals surface area contributed by atoms with Gasteiger partial charge in [-0.05, 0) is 25.0 Å². The molecule has 1 amide bonds. The third-order valence-corrected chi connectivity index (χ3v) is 3.82. The molecule has 1 saturated carbocycles. The number of carbonyl (C=O) groups is 2. The van der Waals surface area contributed by atoms with E-state index >= 15 is 0 Å². The van der Waals surface area contributed by atoms with Gasteiger partial charge in [0.05, 0.1) is 14.2 Å². The molecule has 0 radical (unpaired) electrons. The van der Waals surface area contributed by atoms with Gasteiger partial charge in [-0.2, -0.15) is 0 Å². The van der Waals surface area contributed by atoms with Crippen LogP contribution in [0.4, 0.5) is 0 Å². The van der Waals surface area contributed by atoms with Crippen molar-refractivity contribution < 1.29 is 24.2 Å². The minimum atomic E-state index is -1.21. The molecule has 1 aliphatic carbocycles. The van der Waals surface area contributed by atoms with Gasteiger partial charge in [0.1, 0.15) is 16.9 Å². The predicted molar refractivity (Wildman–Crippen MR) is 75.3 cm³/mol. The molecule has 0 aromatic heterocycles. The van der Waals surface area contributed by atoms with Gasteiger partial charge in [-0.15, -0.1) is 0 Å². The molecule has 6 nitrogen and oxygen atoms in total. The van der Waals surface area contributed by atoms with Gasteiger partial charge in [-0.1, -0.05) is 0 Å². The van der Waals surface area contributed by atoms with Gasteiger partial charge in [0, 0.05) is 25.2 Å². The minimum Gasteiger partial charge on any atom is -0.497 e. The van der Waals surface area contributed by atoms with Crippen LogP contribution in [0.15, 0.2) is 18.2 Å². The van der Waals surface area contributed by atoms with Crippen LogP contribution in [0.2, 0.25) is 0 Å². The summed E-state index contributed by atoms with van der Waals surface area (Å²) < 4.78 is 10.4. The number of aliphatic carboxylic acids is 1. The third kappa shape index (κ3) is 2.79. The van der Waals surface area contributed by atoms with Crippen molar-refractivity contribution in [2.45, 2.75) is 19.4 Å². The van der Waals surface area contributed by atoms with Crippen molar-refractivity contribution in [2.75, 3.05) is 21.3 Å². The molecule has 1 N–H and O–H groups in total. The molecule has 0 heterocycles. The van der Waals surface area contributed by atoms with Gasteiger partial charge in [-0.25, -0.2) is 0 Å². The number of nitrogens with zero attached hydrogens (tertiary/aromatic N) is 1. The number of benzene rings is 1. The number of rotatable bonds is 6. The van der Waals surface area contributed by atoms with Gasteiger partial charge < -0.3 is 19.5 Å². The fourth-order valence-corrected chi connectivity index (χ4v) is 2.32. The molecule has 1 aromatic carbocycles. The highest BCUT2D eigenvalue weighted by Gasteiger charge is 2.58. The average molecular weight is 293 g/mol. The number of carboxylic acid groups (broad SMARTS) is 1. The van der Waals surface area contributed by atoms with E-state index in [0.717, 1.165) is 5.56 Å². The fourth-order valence-electron chi connectivity index (χ4n) is 2.32. The van der Waals surface area contributed by atoms with Gasteiger partial charge in [0.15, 0.2) is 0 Å². The number of hydrogen-bond donors (Lipinski definition) is 1. The molecule has 114 valence electrons. The summed E-state index contributed by atoms with van der Waals surface area (Å²) in [6, 6.07) is 5.32. The van der Waals surface area contributed by atoms with Crippen molar-refractivity contribution in [3.63, 3.8) is 0 Å². The predicted octanol–water partition coefficient (Wildman–Crippen LogP) is 1.53. The van der Waals surface area contributed by atoms with E-state index in [0.29, 0.717) is 30.9 Å². The van der Waals surface area contributed by atoms with Crippen molar-refractivity contribution in [3.8, 4) is 11.5 Å². The highest BCUT2D eigenvalue weighted by molar-refractivity contribution is 6.04. The number of methoxy groups -OCH3 is 2. The SMILES string of the molecule is COc1ccc(CN(C)C(=O)C2(C(=O)O)CC2)c(OC)c1. The van der Waals surface area contributed by atoms with E-state index in [4.69, 9.17) is 14.6 Å². The first kappa shape index (κ1) is 15.2. The first-order valence-electron chi connectivity index (χ1n) is 6.64. The van der Waals surface area contributed by atoms with E-state index in [-0.39, 0.29) is 5.91 Å². The van der Waals surface area contributed by atoms with Crippen LogP contribution in [-0.4, -0.2) is 43.2 Å². The van der Waals surface area contributed by atoms with Crippen LogP contribution in [0.25, 0.3) is 0 Å². The van der Waals surface area contributed by atoms with E-state index in [1.54, 1.807) is 33.4 Å². The maximum Gasteiger partial charge on any atom is 0.319 e. The van der Waals surface area contributed by atoms with Crippen molar-refractivity contribution in [3.05, 3.63) is 23.8 Å². The Labute approximate surface area is 123 Å². The first-order chi connectivity index (χ1) is 9.94. The van der Waals surface area contributed by atoms with Crippen LogP contribution in [0, 0.1) is 5.41 Å². The average Bonchev–Trinajstić information content (AvgIpc) is 3.28. The lowest BCUT2D eigenvalue weighted by Crippen LogP contribution is -2.38. The van der Waals surface area contributed by atoms with Crippen LogP contribution >= 0.6 is 0 Å². The van der Waals surface area contributed by atoms with Crippen LogP contribution in [0.5, 0.6) is 11.5 Å². The zero-order valence-electron chi connectivity index (χ0n) is 12.4. The molecule has 0 aliphatic heterocycles. The van der Waals surface area contributed by atoms with Crippen LogP contribution in [0.1, 0.15) is 18.4 Å². The summed E-state index contributed by atoms with van der Waals surface area (Å²) in [5.74, 6) is -0.128. The molecular weight excluding hydrogens is 274 g/mol. The molecule has 2 rings (SSSR count). The van der Waals surface area contributed by atoms with Gasteiger partial charge >= 0.3 is 5.97 Å². The Kier molecular flexibility index (Phi) is 4.06. The summed E-state index contributed by atoms with van der Waals surface area (Å²) in [4.78, 5) is 24.9. The molecular formula is C15H19NO5. The number of amides is 1. The summed E-state index contributed by atoms with van der Waals surface area (Å²) in [6.07, 6.45) is 0.816.